The van der Waals surface area contributed by atoms with Gasteiger partial charge in [0.05, 0.1) is 6.04 Å². The average Bonchev–Trinajstić information content (AvgIpc) is 2.45. The molecule has 1 N–H and O–H groups in total. The van der Waals surface area contributed by atoms with Crippen LogP contribution in [0.25, 0.3) is 0 Å². The molecule has 0 saturated heterocycles. The highest BCUT2D eigenvalue weighted by atomic mass is 35.5. The van der Waals surface area contributed by atoms with Gasteiger partial charge in [-0.3, -0.25) is 0 Å². The van der Waals surface area contributed by atoms with Crippen LogP contribution in [0.3, 0.4) is 0 Å². The van der Waals surface area contributed by atoms with Crippen LogP contribution in [0, 0.1) is 18.6 Å². The normalized spacial score (nSPS) is 12.2. The number of halogens is 3. The molecule has 2 aromatic carbocycles. The number of rotatable bonds is 4. The number of aryl methyl sites for hydroxylation is 1. The number of benzene rings is 2. The first-order chi connectivity index (χ1) is 9.52. The molecule has 0 aliphatic rings. The fraction of sp³-hybridized carbons (Fsp3) is 0.250. The first-order valence-corrected chi connectivity index (χ1v) is 6.87. The van der Waals surface area contributed by atoms with E-state index in [2.05, 4.69) is 5.32 Å². The molecular weight excluding hydrogens is 280 g/mol. The molecule has 1 atom stereocenters. The van der Waals surface area contributed by atoms with Crippen molar-refractivity contribution in [2.45, 2.75) is 26.3 Å². The van der Waals surface area contributed by atoms with Crippen LogP contribution in [-0.2, 0) is 0 Å². The number of anilines is 1. The van der Waals surface area contributed by atoms with Gasteiger partial charge >= 0.3 is 0 Å². The maximum absolute atomic E-state index is 14.0. The van der Waals surface area contributed by atoms with Gasteiger partial charge in [0.1, 0.15) is 11.5 Å². The molecule has 2 aromatic rings. The van der Waals surface area contributed by atoms with Crippen molar-refractivity contribution in [3.05, 3.63) is 64.2 Å². The minimum atomic E-state index is -0.583. The summed E-state index contributed by atoms with van der Waals surface area (Å²) in [6.45, 7) is 3.57. The molecule has 0 saturated carbocycles. The molecule has 20 heavy (non-hydrogen) atoms. The maximum atomic E-state index is 14.0. The highest BCUT2D eigenvalue weighted by Gasteiger charge is 2.16. The third-order valence-electron chi connectivity index (χ3n) is 3.28. The molecule has 0 amide bonds. The lowest BCUT2D eigenvalue weighted by Gasteiger charge is -2.20. The molecule has 0 aliphatic carbocycles. The van der Waals surface area contributed by atoms with E-state index >= 15 is 0 Å². The van der Waals surface area contributed by atoms with Gasteiger partial charge in [-0.1, -0.05) is 36.7 Å². The maximum Gasteiger partial charge on any atom is 0.152 e. The molecule has 0 aliphatic heterocycles. The van der Waals surface area contributed by atoms with E-state index in [0.29, 0.717) is 17.0 Å². The van der Waals surface area contributed by atoms with Crippen LogP contribution < -0.4 is 5.32 Å². The summed E-state index contributed by atoms with van der Waals surface area (Å²) in [5.41, 5.74) is 1.28. The summed E-state index contributed by atoms with van der Waals surface area (Å²) in [4.78, 5) is 0. The summed E-state index contributed by atoms with van der Waals surface area (Å²) >= 11 is 5.85. The fourth-order valence-electron chi connectivity index (χ4n) is 2.08. The molecule has 1 unspecified atom stereocenters. The van der Waals surface area contributed by atoms with E-state index in [1.54, 1.807) is 19.1 Å². The third-order valence-corrected chi connectivity index (χ3v) is 3.54. The molecule has 2 rings (SSSR count). The lowest BCUT2D eigenvalue weighted by molar-refractivity contribution is 0.575. The van der Waals surface area contributed by atoms with E-state index in [4.69, 9.17) is 11.6 Å². The van der Waals surface area contributed by atoms with Gasteiger partial charge in [-0.25, -0.2) is 8.78 Å². The number of hydrogen-bond donors (Lipinski definition) is 1. The highest BCUT2D eigenvalue weighted by molar-refractivity contribution is 6.30. The lowest BCUT2D eigenvalue weighted by Crippen LogP contribution is -2.12. The van der Waals surface area contributed by atoms with E-state index in [-0.39, 0.29) is 11.7 Å². The van der Waals surface area contributed by atoms with Gasteiger partial charge in [0.2, 0.25) is 0 Å². The van der Waals surface area contributed by atoms with Crippen LogP contribution >= 0.6 is 11.6 Å². The molecule has 0 spiro atoms. The zero-order valence-electron chi connectivity index (χ0n) is 11.4. The Labute approximate surface area is 122 Å². The Bertz CT molecular complexity index is 596. The largest absolute Gasteiger partial charge is 0.373 e. The van der Waals surface area contributed by atoms with Gasteiger partial charge in [-0.2, -0.15) is 0 Å². The van der Waals surface area contributed by atoms with Crippen LogP contribution in [0.2, 0.25) is 5.02 Å². The molecule has 0 heterocycles. The summed E-state index contributed by atoms with van der Waals surface area (Å²) in [6, 6.07) is 9.78. The van der Waals surface area contributed by atoms with Crippen molar-refractivity contribution >= 4 is 17.3 Å². The summed E-state index contributed by atoms with van der Waals surface area (Å²) in [5.74, 6) is -1.13. The monoisotopic (exact) mass is 295 g/mol. The standard InChI is InChI=1S/C16H16ClF2N/c1-3-14(11-5-7-12(17)8-6-11)20-16-13(18)9-4-10(2)15(16)19/h4-9,14,20H,3H2,1-2H3. The van der Waals surface area contributed by atoms with Gasteiger partial charge in [0, 0.05) is 5.02 Å². The van der Waals surface area contributed by atoms with Crippen LogP contribution in [0.5, 0.6) is 0 Å². The van der Waals surface area contributed by atoms with Gasteiger partial charge in [0.25, 0.3) is 0 Å². The topological polar surface area (TPSA) is 12.0 Å². The van der Waals surface area contributed by atoms with Crippen LogP contribution in [0.1, 0.15) is 30.5 Å². The van der Waals surface area contributed by atoms with Crippen LogP contribution in [0.15, 0.2) is 36.4 Å². The molecule has 106 valence electrons. The molecule has 1 nitrogen and oxygen atoms in total. The zero-order chi connectivity index (χ0) is 14.7. The van der Waals surface area contributed by atoms with Crippen LogP contribution in [0.4, 0.5) is 14.5 Å². The predicted octanol–water partition coefficient (Wildman–Crippen LogP) is 5.49. The van der Waals surface area contributed by atoms with E-state index in [9.17, 15) is 8.78 Å². The Balaban J connectivity index is 2.31. The van der Waals surface area contributed by atoms with Crippen molar-refractivity contribution in [2.75, 3.05) is 5.32 Å². The predicted molar refractivity (Wildman–Crippen MR) is 79.2 cm³/mol. The smallest absolute Gasteiger partial charge is 0.152 e. The van der Waals surface area contributed by atoms with Crippen molar-refractivity contribution in [1.29, 1.82) is 0 Å². The summed E-state index contributed by atoms with van der Waals surface area (Å²) in [6.07, 6.45) is 0.703. The molecule has 0 bridgehead atoms. The van der Waals surface area contributed by atoms with E-state index in [1.165, 1.54) is 12.1 Å². The molecule has 4 heteroatoms. The SMILES string of the molecule is CCC(Nc1c(F)ccc(C)c1F)c1ccc(Cl)cc1. The molecule has 0 radical (unpaired) electrons. The van der Waals surface area contributed by atoms with E-state index < -0.39 is 11.6 Å². The zero-order valence-corrected chi connectivity index (χ0v) is 12.1. The Morgan fingerprint density at radius 3 is 2.35 bits per heavy atom. The van der Waals surface area contributed by atoms with Crippen molar-refractivity contribution in [3.8, 4) is 0 Å². The average molecular weight is 296 g/mol. The second-order valence-corrected chi connectivity index (χ2v) is 5.15. The Kier molecular flexibility index (Phi) is 4.61. The van der Waals surface area contributed by atoms with Crippen molar-refractivity contribution < 1.29 is 8.78 Å². The molecule has 0 fully saturated rings. The quantitative estimate of drug-likeness (QED) is 0.786. The number of hydrogen-bond acceptors (Lipinski definition) is 1. The molecule has 0 aromatic heterocycles. The van der Waals surface area contributed by atoms with Gasteiger partial charge < -0.3 is 5.32 Å². The Morgan fingerprint density at radius 2 is 1.75 bits per heavy atom. The Hall–Kier alpha value is -1.61. The summed E-state index contributed by atoms with van der Waals surface area (Å²) in [5, 5.41) is 3.58. The molecular formula is C16H16ClF2N. The first kappa shape index (κ1) is 14.8. The minimum absolute atomic E-state index is 0.0770. The Morgan fingerprint density at radius 1 is 1.10 bits per heavy atom. The van der Waals surface area contributed by atoms with Crippen molar-refractivity contribution in [2.24, 2.45) is 0 Å². The van der Waals surface area contributed by atoms with Crippen molar-refractivity contribution in [3.63, 3.8) is 0 Å². The minimum Gasteiger partial charge on any atom is -0.373 e. The second-order valence-electron chi connectivity index (χ2n) is 4.71. The van der Waals surface area contributed by atoms with E-state index in [0.717, 1.165) is 5.56 Å². The first-order valence-electron chi connectivity index (χ1n) is 6.49. The van der Waals surface area contributed by atoms with Crippen molar-refractivity contribution in [1.82, 2.24) is 0 Å². The summed E-state index contributed by atoms with van der Waals surface area (Å²) in [7, 11) is 0. The lowest BCUT2D eigenvalue weighted by atomic mass is 10.0. The summed E-state index contributed by atoms with van der Waals surface area (Å²) < 4.78 is 27.8. The van der Waals surface area contributed by atoms with E-state index in [1.807, 2.05) is 19.1 Å². The van der Waals surface area contributed by atoms with Gasteiger partial charge in [-0.05, 0) is 42.7 Å². The van der Waals surface area contributed by atoms with Crippen LogP contribution in [-0.4, -0.2) is 0 Å². The highest BCUT2D eigenvalue weighted by Crippen LogP contribution is 2.28. The van der Waals surface area contributed by atoms with Gasteiger partial charge in [-0.15, -0.1) is 0 Å². The second kappa shape index (κ2) is 6.23. The van der Waals surface area contributed by atoms with Gasteiger partial charge in [0.15, 0.2) is 5.82 Å². The number of nitrogens with one attached hydrogen (secondary N) is 1. The fourth-order valence-corrected chi connectivity index (χ4v) is 2.21. The third kappa shape index (κ3) is 3.10.